The first-order chi connectivity index (χ1) is 9.59. The van der Waals surface area contributed by atoms with Crippen LogP contribution in [0.2, 0.25) is 0 Å². The van der Waals surface area contributed by atoms with E-state index in [1.807, 2.05) is 0 Å². The average molecular weight is 274 g/mol. The zero-order valence-corrected chi connectivity index (χ0v) is 11.5. The molecule has 1 unspecified atom stereocenters. The van der Waals surface area contributed by atoms with Gasteiger partial charge in [-0.2, -0.15) is 0 Å². The number of benzene rings is 1. The fraction of sp³-hybridized carbons (Fsp3) is 0.375. The van der Waals surface area contributed by atoms with Crippen LogP contribution in [0.4, 0.5) is 0 Å². The number of hydrogen-bond acceptors (Lipinski definition) is 3. The SMILES string of the molecule is C#CCCCC(C(=O)O)(C(=O)OCC)c1ccccc1. The molecule has 0 heterocycles. The number of carbonyl (C=O) groups is 2. The quantitative estimate of drug-likeness (QED) is 0.359. The molecule has 1 aromatic rings. The summed E-state index contributed by atoms with van der Waals surface area (Å²) in [6.45, 7) is 1.78. The predicted octanol–water partition coefficient (Wildman–Crippen LogP) is 2.38. The van der Waals surface area contributed by atoms with Gasteiger partial charge in [0.25, 0.3) is 0 Å². The lowest BCUT2D eigenvalue weighted by molar-refractivity contribution is -0.162. The first-order valence-corrected chi connectivity index (χ1v) is 6.49. The standard InChI is InChI=1S/C16H18O4/c1-3-5-9-12-16(14(17)18,15(19)20-4-2)13-10-7-6-8-11-13/h1,6-8,10-11H,4-5,9,12H2,2H3,(H,17,18). The van der Waals surface area contributed by atoms with Gasteiger partial charge in [-0.3, -0.25) is 9.59 Å². The number of aliphatic carboxylic acids is 1. The minimum atomic E-state index is -1.69. The summed E-state index contributed by atoms with van der Waals surface area (Å²) in [5.74, 6) is 0.507. The second-order valence-corrected chi connectivity index (χ2v) is 4.35. The molecule has 1 N–H and O–H groups in total. The van der Waals surface area contributed by atoms with Gasteiger partial charge in [-0.1, -0.05) is 30.3 Å². The highest BCUT2D eigenvalue weighted by molar-refractivity contribution is 6.05. The van der Waals surface area contributed by atoms with Crippen LogP contribution in [0, 0.1) is 12.3 Å². The second-order valence-electron chi connectivity index (χ2n) is 4.35. The molecule has 0 spiro atoms. The number of carbonyl (C=O) groups excluding carboxylic acids is 1. The van der Waals surface area contributed by atoms with Gasteiger partial charge in [0.1, 0.15) is 0 Å². The molecule has 0 fully saturated rings. The summed E-state index contributed by atoms with van der Waals surface area (Å²) in [4.78, 5) is 24.0. The Morgan fingerprint density at radius 1 is 1.35 bits per heavy atom. The summed E-state index contributed by atoms with van der Waals surface area (Å²) in [6, 6.07) is 8.42. The van der Waals surface area contributed by atoms with Gasteiger partial charge in [0.05, 0.1) is 6.61 Å². The van der Waals surface area contributed by atoms with Crippen molar-refractivity contribution in [1.29, 1.82) is 0 Å². The zero-order valence-electron chi connectivity index (χ0n) is 11.5. The van der Waals surface area contributed by atoms with Crippen LogP contribution in [-0.2, 0) is 19.7 Å². The molecule has 0 bridgehead atoms. The van der Waals surface area contributed by atoms with E-state index in [-0.39, 0.29) is 13.0 Å². The molecule has 1 rings (SSSR count). The van der Waals surface area contributed by atoms with Gasteiger partial charge in [-0.25, -0.2) is 0 Å². The van der Waals surface area contributed by atoms with Crippen molar-refractivity contribution in [1.82, 2.24) is 0 Å². The lowest BCUT2D eigenvalue weighted by Crippen LogP contribution is -2.45. The monoisotopic (exact) mass is 274 g/mol. The smallest absolute Gasteiger partial charge is 0.328 e. The highest BCUT2D eigenvalue weighted by Gasteiger charge is 2.48. The molecule has 4 heteroatoms. The molecule has 1 aromatic carbocycles. The van der Waals surface area contributed by atoms with Gasteiger partial charge >= 0.3 is 11.9 Å². The van der Waals surface area contributed by atoms with E-state index in [2.05, 4.69) is 5.92 Å². The van der Waals surface area contributed by atoms with Gasteiger partial charge in [0.15, 0.2) is 5.41 Å². The van der Waals surface area contributed by atoms with Crippen LogP contribution in [0.15, 0.2) is 30.3 Å². The minimum Gasteiger partial charge on any atom is -0.480 e. The van der Waals surface area contributed by atoms with E-state index >= 15 is 0 Å². The summed E-state index contributed by atoms with van der Waals surface area (Å²) in [6.07, 6.45) is 6.17. The number of hydrogen-bond donors (Lipinski definition) is 1. The van der Waals surface area contributed by atoms with E-state index < -0.39 is 17.4 Å². The Hall–Kier alpha value is -2.28. The summed E-state index contributed by atoms with van der Waals surface area (Å²) in [5.41, 5.74) is -1.27. The van der Waals surface area contributed by atoms with Crippen LogP contribution in [0.1, 0.15) is 31.7 Å². The molecule has 20 heavy (non-hydrogen) atoms. The molecule has 0 radical (unpaired) electrons. The highest BCUT2D eigenvalue weighted by Crippen LogP contribution is 2.32. The van der Waals surface area contributed by atoms with Crippen LogP contribution in [-0.4, -0.2) is 23.7 Å². The van der Waals surface area contributed by atoms with E-state index in [4.69, 9.17) is 11.2 Å². The maximum Gasteiger partial charge on any atom is 0.328 e. The second kappa shape index (κ2) is 7.34. The Kier molecular flexibility index (Phi) is 5.79. The largest absolute Gasteiger partial charge is 0.480 e. The number of rotatable bonds is 7. The number of esters is 1. The molecule has 0 aliphatic carbocycles. The Morgan fingerprint density at radius 3 is 2.50 bits per heavy atom. The third-order valence-electron chi connectivity index (χ3n) is 3.13. The number of unbranched alkanes of at least 4 members (excludes halogenated alkanes) is 1. The van der Waals surface area contributed by atoms with E-state index in [0.717, 1.165) is 0 Å². The van der Waals surface area contributed by atoms with Crippen molar-refractivity contribution in [2.45, 2.75) is 31.6 Å². The number of terminal acetylenes is 1. The lowest BCUT2D eigenvalue weighted by atomic mass is 9.76. The zero-order chi connectivity index (χ0) is 15.0. The van der Waals surface area contributed by atoms with E-state index in [0.29, 0.717) is 18.4 Å². The first-order valence-electron chi connectivity index (χ1n) is 6.49. The van der Waals surface area contributed by atoms with E-state index in [9.17, 15) is 14.7 Å². The van der Waals surface area contributed by atoms with Crippen molar-refractivity contribution in [2.75, 3.05) is 6.61 Å². The van der Waals surface area contributed by atoms with Crippen LogP contribution in [0.25, 0.3) is 0 Å². The van der Waals surface area contributed by atoms with Crippen molar-refractivity contribution in [2.24, 2.45) is 0 Å². The molecular formula is C16H18O4. The molecule has 1 atom stereocenters. The first kappa shape index (κ1) is 15.8. The molecule has 0 aliphatic heterocycles. The molecule has 0 saturated heterocycles. The Balaban J connectivity index is 3.24. The normalized spacial score (nSPS) is 13.0. The summed E-state index contributed by atoms with van der Waals surface area (Å²) < 4.78 is 4.98. The number of carboxylic acid groups (broad SMARTS) is 1. The Morgan fingerprint density at radius 2 is 2.00 bits per heavy atom. The van der Waals surface area contributed by atoms with Gasteiger partial charge in [0.2, 0.25) is 0 Å². The molecular weight excluding hydrogens is 256 g/mol. The van der Waals surface area contributed by atoms with Crippen LogP contribution < -0.4 is 0 Å². The Labute approximate surface area is 118 Å². The van der Waals surface area contributed by atoms with Gasteiger partial charge in [0, 0.05) is 6.42 Å². The predicted molar refractivity (Wildman–Crippen MR) is 75.1 cm³/mol. The van der Waals surface area contributed by atoms with Crippen molar-refractivity contribution in [3.05, 3.63) is 35.9 Å². The lowest BCUT2D eigenvalue weighted by Gasteiger charge is -2.27. The molecule has 4 nitrogen and oxygen atoms in total. The van der Waals surface area contributed by atoms with Gasteiger partial charge in [-0.15, -0.1) is 12.3 Å². The van der Waals surface area contributed by atoms with Crippen LogP contribution in [0.3, 0.4) is 0 Å². The fourth-order valence-corrected chi connectivity index (χ4v) is 2.11. The molecule has 0 aromatic heterocycles. The molecule has 106 valence electrons. The summed E-state index contributed by atoms with van der Waals surface area (Å²) >= 11 is 0. The van der Waals surface area contributed by atoms with Crippen molar-refractivity contribution in [3.8, 4) is 12.3 Å². The third kappa shape index (κ3) is 3.18. The van der Waals surface area contributed by atoms with Crippen LogP contribution >= 0.6 is 0 Å². The van der Waals surface area contributed by atoms with E-state index in [1.54, 1.807) is 37.3 Å². The Bertz CT molecular complexity index is 501. The number of ether oxygens (including phenoxy) is 1. The maximum absolute atomic E-state index is 12.2. The topological polar surface area (TPSA) is 63.6 Å². The van der Waals surface area contributed by atoms with Crippen molar-refractivity contribution in [3.63, 3.8) is 0 Å². The highest BCUT2D eigenvalue weighted by atomic mass is 16.5. The maximum atomic E-state index is 12.2. The van der Waals surface area contributed by atoms with Crippen molar-refractivity contribution < 1.29 is 19.4 Å². The third-order valence-corrected chi connectivity index (χ3v) is 3.13. The number of carboxylic acids is 1. The van der Waals surface area contributed by atoms with Gasteiger partial charge in [-0.05, 0) is 25.3 Å². The van der Waals surface area contributed by atoms with Crippen LogP contribution in [0.5, 0.6) is 0 Å². The van der Waals surface area contributed by atoms with Crippen molar-refractivity contribution >= 4 is 11.9 Å². The summed E-state index contributed by atoms with van der Waals surface area (Å²) in [7, 11) is 0. The molecule has 0 amide bonds. The molecule has 0 aliphatic rings. The fourth-order valence-electron chi connectivity index (χ4n) is 2.11. The van der Waals surface area contributed by atoms with Gasteiger partial charge < -0.3 is 9.84 Å². The molecule has 0 saturated carbocycles. The average Bonchev–Trinajstić information content (AvgIpc) is 2.44. The minimum absolute atomic E-state index is 0.120. The van der Waals surface area contributed by atoms with E-state index in [1.165, 1.54) is 0 Å². The summed E-state index contributed by atoms with van der Waals surface area (Å²) in [5, 5.41) is 9.62.